The smallest absolute Gasteiger partial charge is 0.276 e. The first-order valence-corrected chi connectivity index (χ1v) is 9.91. The van der Waals surface area contributed by atoms with Gasteiger partial charge in [0.15, 0.2) is 10.9 Å². The lowest BCUT2D eigenvalue weighted by atomic mass is 10.2. The lowest BCUT2D eigenvalue weighted by molar-refractivity contribution is 0.0786. The van der Waals surface area contributed by atoms with E-state index < -0.39 is 0 Å². The first-order chi connectivity index (χ1) is 13.2. The minimum Gasteiger partial charge on any atom is -0.337 e. The summed E-state index contributed by atoms with van der Waals surface area (Å²) in [5, 5.41) is 9.19. The number of likely N-dealkylation sites (tertiary alicyclic amines) is 1. The normalized spacial score (nSPS) is 13.9. The standard InChI is InChI=1S/C19H20N6OS/c1-14-5-7-15(8-6-14)25-16(13-27-19-20-9-4-10-21-19)17(22-23-25)18(26)24-11-2-3-12-24/h4-10H,2-3,11-13H2,1H3. The van der Waals surface area contributed by atoms with E-state index >= 15 is 0 Å². The Kier molecular flexibility index (Phi) is 5.15. The Morgan fingerprint density at radius 1 is 1.11 bits per heavy atom. The number of hydrogen-bond acceptors (Lipinski definition) is 6. The minimum absolute atomic E-state index is 0.0459. The van der Waals surface area contributed by atoms with Gasteiger partial charge < -0.3 is 4.90 Å². The maximum Gasteiger partial charge on any atom is 0.276 e. The predicted molar refractivity (Wildman–Crippen MR) is 103 cm³/mol. The van der Waals surface area contributed by atoms with Crippen LogP contribution in [0.25, 0.3) is 5.69 Å². The molecule has 138 valence electrons. The highest BCUT2D eigenvalue weighted by atomic mass is 32.2. The third-order valence-corrected chi connectivity index (χ3v) is 5.40. The maximum atomic E-state index is 12.9. The second-order valence-corrected chi connectivity index (χ2v) is 7.39. The zero-order valence-corrected chi connectivity index (χ0v) is 15.9. The Hall–Kier alpha value is -2.74. The van der Waals surface area contributed by atoms with E-state index in [1.807, 2.05) is 36.1 Å². The van der Waals surface area contributed by atoms with Crippen LogP contribution in [0.4, 0.5) is 0 Å². The lowest BCUT2D eigenvalue weighted by Gasteiger charge is -2.14. The summed E-state index contributed by atoms with van der Waals surface area (Å²) in [7, 11) is 0. The molecule has 1 aliphatic rings. The largest absolute Gasteiger partial charge is 0.337 e. The summed E-state index contributed by atoms with van der Waals surface area (Å²) in [5.41, 5.74) is 3.24. The van der Waals surface area contributed by atoms with Gasteiger partial charge in [0.05, 0.1) is 11.4 Å². The summed E-state index contributed by atoms with van der Waals surface area (Å²) in [6, 6.07) is 9.81. The molecule has 1 amide bonds. The number of carbonyl (C=O) groups excluding carboxylic acids is 1. The molecule has 3 heterocycles. The fourth-order valence-electron chi connectivity index (χ4n) is 3.05. The van der Waals surface area contributed by atoms with Crippen molar-refractivity contribution < 1.29 is 4.79 Å². The van der Waals surface area contributed by atoms with Crippen molar-refractivity contribution in [2.75, 3.05) is 13.1 Å². The molecule has 0 unspecified atom stereocenters. The monoisotopic (exact) mass is 380 g/mol. The molecule has 1 fully saturated rings. The van der Waals surface area contributed by atoms with Crippen molar-refractivity contribution in [1.29, 1.82) is 0 Å². The predicted octanol–water partition coefficient (Wildman–Crippen LogP) is 2.89. The number of benzene rings is 1. The van der Waals surface area contributed by atoms with E-state index in [9.17, 15) is 4.79 Å². The van der Waals surface area contributed by atoms with E-state index in [0.29, 0.717) is 16.6 Å². The van der Waals surface area contributed by atoms with Gasteiger partial charge in [0.1, 0.15) is 0 Å². The van der Waals surface area contributed by atoms with Crippen LogP contribution in [0.2, 0.25) is 0 Å². The van der Waals surface area contributed by atoms with Crippen molar-refractivity contribution in [2.24, 2.45) is 0 Å². The molecule has 8 heteroatoms. The molecule has 0 spiro atoms. The maximum absolute atomic E-state index is 12.9. The third-order valence-electron chi connectivity index (χ3n) is 4.52. The van der Waals surface area contributed by atoms with Gasteiger partial charge in [-0.2, -0.15) is 0 Å². The highest BCUT2D eigenvalue weighted by molar-refractivity contribution is 7.98. The fraction of sp³-hybridized carbons (Fsp3) is 0.316. The molecule has 0 bridgehead atoms. The second kappa shape index (κ2) is 7.87. The highest BCUT2D eigenvalue weighted by Gasteiger charge is 2.27. The molecule has 1 saturated heterocycles. The molecule has 0 aliphatic carbocycles. The Balaban J connectivity index is 1.68. The first kappa shape index (κ1) is 17.7. The second-order valence-electron chi connectivity index (χ2n) is 6.45. The Morgan fingerprint density at radius 2 is 1.81 bits per heavy atom. The van der Waals surface area contributed by atoms with Crippen LogP contribution in [0.15, 0.2) is 47.9 Å². The van der Waals surface area contributed by atoms with Gasteiger partial charge >= 0.3 is 0 Å². The average Bonchev–Trinajstić information content (AvgIpc) is 3.37. The van der Waals surface area contributed by atoms with Crippen LogP contribution >= 0.6 is 11.8 Å². The van der Waals surface area contributed by atoms with Gasteiger partial charge in [-0.25, -0.2) is 14.6 Å². The molecule has 27 heavy (non-hydrogen) atoms. The third kappa shape index (κ3) is 3.85. The number of aromatic nitrogens is 5. The van der Waals surface area contributed by atoms with Crippen LogP contribution in [0.3, 0.4) is 0 Å². The van der Waals surface area contributed by atoms with Crippen LogP contribution in [0.1, 0.15) is 34.6 Å². The summed E-state index contributed by atoms with van der Waals surface area (Å²) in [5.74, 6) is 0.468. The van der Waals surface area contributed by atoms with Crippen LogP contribution < -0.4 is 0 Å². The number of rotatable bonds is 5. The molecule has 0 atom stereocenters. The van der Waals surface area contributed by atoms with Crippen molar-refractivity contribution in [3.05, 3.63) is 59.7 Å². The lowest BCUT2D eigenvalue weighted by Crippen LogP contribution is -2.28. The van der Waals surface area contributed by atoms with E-state index in [4.69, 9.17) is 0 Å². The number of hydrogen-bond donors (Lipinski definition) is 0. The molecule has 4 rings (SSSR count). The number of carbonyl (C=O) groups is 1. The summed E-state index contributed by atoms with van der Waals surface area (Å²) >= 11 is 1.47. The van der Waals surface area contributed by atoms with Crippen molar-refractivity contribution in [1.82, 2.24) is 29.9 Å². The number of aryl methyl sites for hydroxylation is 1. The van der Waals surface area contributed by atoms with Crippen LogP contribution in [0, 0.1) is 6.92 Å². The summed E-state index contributed by atoms with van der Waals surface area (Å²) in [6.07, 6.45) is 5.50. The zero-order valence-electron chi connectivity index (χ0n) is 15.1. The van der Waals surface area contributed by atoms with Crippen molar-refractivity contribution in [2.45, 2.75) is 30.7 Å². The van der Waals surface area contributed by atoms with Gasteiger partial charge in [-0.05, 0) is 38.0 Å². The van der Waals surface area contributed by atoms with Crippen molar-refractivity contribution >= 4 is 17.7 Å². The van der Waals surface area contributed by atoms with Crippen LogP contribution in [-0.2, 0) is 5.75 Å². The molecule has 1 aromatic carbocycles. The molecule has 7 nitrogen and oxygen atoms in total. The van der Waals surface area contributed by atoms with E-state index in [-0.39, 0.29) is 5.91 Å². The number of thioether (sulfide) groups is 1. The van der Waals surface area contributed by atoms with Gasteiger partial charge in [-0.15, -0.1) is 5.10 Å². The average molecular weight is 380 g/mol. The van der Waals surface area contributed by atoms with Crippen LogP contribution in [-0.4, -0.2) is 48.9 Å². The van der Waals surface area contributed by atoms with Crippen molar-refractivity contribution in [3.8, 4) is 5.69 Å². The van der Waals surface area contributed by atoms with E-state index in [2.05, 4.69) is 20.3 Å². The molecular weight excluding hydrogens is 360 g/mol. The van der Waals surface area contributed by atoms with Gasteiger partial charge in [0.25, 0.3) is 5.91 Å². The Labute approximate surface area is 161 Å². The molecular formula is C19H20N6OS. The molecule has 1 aliphatic heterocycles. The fourth-order valence-corrected chi connectivity index (χ4v) is 3.85. The highest BCUT2D eigenvalue weighted by Crippen LogP contribution is 2.24. The van der Waals surface area contributed by atoms with E-state index in [1.54, 1.807) is 23.1 Å². The molecule has 3 aromatic rings. The minimum atomic E-state index is -0.0459. The molecule has 0 N–H and O–H groups in total. The van der Waals surface area contributed by atoms with Gasteiger partial charge in [-0.3, -0.25) is 4.79 Å². The number of amides is 1. The summed E-state index contributed by atoms with van der Waals surface area (Å²) < 4.78 is 1.75. The molecule has 2 aromatic heterocycles. The topological polar surface area (TPSA) is 76.8 Å². The first-order valence-electron chi connectivity index (χ1n) is 8.93. The summed E-state index contributed by atoms with van der Waals surface area (Å²) in [4.78, 5) is 23.3. The van der Waals surface area contributed by atoms with E-state index in [1.165, 1.54) is 17.3 Å². The summed E-state index contributed by atoms with van der Waals surface area (Å²) in [6.45, 7) is 3.60. The SMILES string of the molecule is Cc1ccc(-n2nnc(C(=O)N3CCCC3)c2CSc2ncccn2)cc1. The van der Waals surface area contributed by atoms with Gasteiger partial charge in [0.2, 0.25) is 0 Å². The number of nitrogens with zero attached hydrogens (tertiary/aromatic N) is 6. The Morgan fingerprint density at radius 3 is 2.52 bits per heavy atom. The van der Waals surface area contributed by atoms with Gasteiger partial charge in [-0.1, -0.05) is 34.7 Å². The molecule has 0 saturated carbocycles. The van der Waals surface area contributed by atoms with Crippen molar-refractivity contribution in [3.63, 3.8) is 0 Å². The van der Waals surface area contributed by atoms with E-state index in [0.717, 1.165) is 37.3 Å². The zero-order chi connectivity index (χ0) is 18.6. The van der Waals surface area contributed by atoms with Gasteiger partial charge in [0, 0.05) is 31.2 Å². The Bertz CT molecular complexity index is 919. The molecule has 0 radical (unpaired) electrons. The van der Waals surface area contributed by atoms with Crippen LogP contribution in [0.5, 0.6) is 0 Å². The quantitative estimate of drug-likeness (QED) is 0.500.